The molecule has 0 amide bonds. The number of ether oxygens (including phenoxy) is 1. The van der Waals surface area contributed by atoms with Gasteiger partial charge in [0, 0.05) is 5.69 Å². The topological polar surface area (TPSA) is 52.3 Å². The summed E-state index contributed by atoms with van der Waals surface area (Å²) in [6.07, 6.45) is 0. The number of carbonyl (C=O) groups is 1. The lowest BCUT2D eigenvalue weighted by Crippen LogP contribution is -2.11. The Kier molecular flexibility index (Phi) is 4.32. The van der Waals surface area contributed by atoms with Gasteiger partial charge < -0.3 is 10.5 Å². The van der Waals surface area contributed by atoms with Gasteiger partial charge in [-0.3, -0.25) is 0 Å². The zero-order chi connectivity index (χ0) is 15.5. The Labute approximate surface area is 125 Å². The number of anilines is 1. The van der Waals surface area contributed by atoms with E-state index in [4.69, 9.17) is 10.5 Å². The van der Waals surface area contributed by atoms with Crippen LogP contribution in [0.5, 0.6) is 0 Å². The van der Waals surface area contributed by atoms with E-state index in [1.807, 2.05) is 12.1 Å². The summed E-state index contributed by atoms with van der Waals surface area (Å²) < 4.78 is 5.30. The summed E-state index contributed by atoms with van der Waals surface area (Å²) in [5.41, 5.74) is 9.09. The van der Waals surface area contributed by atoms with Crippen LogP contribution in [-0.4, -0.2) is 5.97 Å². The van der Waals surface area contributed by atoms with Gasteiger partial charge in [0.2, 0.25) is 0 Å². The summed E-state index contributed by atoms with van der Waals surface area (Å²) in [5.74, 6) is -0.338. The van der Waals surface area contributed by atoms with Gasteiger partial charge in [-0.1, -0.05) is 45.0 Å². The predicted octanol–water partition coefficient (Wildman–Crippen LogP) is 3.92. The first-order valence-electron chi connectivity index (χ1n) is 6.98. The zero-order valence-corrected chi connectivity index (χ0v) is 12.7. The lowest BCUT2D eigenvalue weighted by Gasteiger charge is -2.19. The average Bonchev–Trinajstić information content (AvgIpc) is 2.45. The first kappa shape index (κ1) is 15.1. The van der Waals surface area contributed by atoms with E-state index in [0.717, 1.165) is 5.56 Å². The smallest absolute Gasteiger partial charge is 0.338 e. The summed E-state index contributed by atoms with van der Waals surface area (Å²) in [6, 6.07) is 14.9. The number of hydrogen-bond donors (Lipinski definition) is 1. The van der Waals surface area contributed by atoms with E-state index in [9.17, 15) is 4.79 Å². The number of benzene rings is 2. The van der Waals surface area contributed by atoms with Gasteiger partial charge in [-0.05, 0) is 40.8 Å². The van der Waals surface area contributed by atoms with Crippen molar-refractivity contribution in [2.45, 2.75) is 32.8 Å². The number of rotatable bonds is 3. The summed E-state index contributed by atoms with van der Waals surface area (Å²) in [6.45, 7) is 6.78. The quantitative estimate of drug-likeness (QED) is 0.686. The molecule has 0 bridgehead atoms. The first-order chi connectivity index (χ1) is 9.86. The van der Waals surface area contributed by atoms with E-state index in [-0.39, 0.29) is 18.0 Å². The van der Waals surface area contributed by atoms with E-state index in [1.54, 1.807) is 24.3 Å². The van der Waals surface area contributed by atoms with Crippen LogP contribution in [0.25, 0.3) is 0 Å². The summed E-state index contributed by atoms with van der Waals surface area (Å²) in [5, 5.41) is 0. The van der Waals surface area contributed by atoms with E-state index < -0.39 is 0 Å². The third-order valence-electron chi connectivity index (χ3n) is 3.34. The van der Waals surface area contributed by atoms with Crippen LogP contribution in [0.4, 0.5) is 5.69 Å². The molecule has 2 N–H and O–H groups in total. The van der Waals surface area contributed by atoms with E-state index in [0.29, 0.717) is 11.3 Å². The van der Waals surface area contributed by atoms with Crippen LogP contribution >= 0.6 is 0 Å². The molecule has 0 atom stereocenters. The minimum absolute atomic E-state index is 0.124. The SMILES string of the molecule is CC(C)(C)c1ccc(COC(=O)c2ccc(N)cc2)cc1. The number of hydrogen-bond acceptors (Lipinski definition) is 3. The molecule has 0 aliphatic carbocycles. The van der Waals surface area contributed by atoms with Gasteiger partial charge in [-0.25, -0.2) is 4.79 Å². The average molecular weight is 283 g/mol. The van der Waals surface area contributed by atoms with Crippen molar-refractivity contribution in [2.75, 3.05) is 5.73 Å². The van der Waals surface area contributed by atoms with Crippen LogP contribution < -0.4 is 5.73 Å². The number of nitrogen functional groups attached to an aromatic ring is 1. The molecule has 110 valence electrons. The molecule has 0 fully saturated rings. The van der Waals surface area contributed by atoms with Gasteiger partial charge in [0.15, 0.2) is 0 Å². The molecule has 3 nitrogen and oxygen atoms in total. The van der Waals surface area contributed by atoms with Crippen LogP contribution in [0.2, 0.25) is 0 Å². The van der Waals surface area contributed by atoms with Gasteiger partial charge in [-0.2, -0.15) is 0 Å². The highest BCUT2D eigenvalue weighted by Crippen LogP contribution is 2.22. The molecule has 21 heavy (non-hydrogen) atoms. The molecule has 2 rings (SSSR count). The van der Waals surface area contributed by atoms with Crippen molar-refractivity contribution in [1.29, 1.82) is 0 Å². The highest BCUT2D eigenvalue weighted by atomic mass is 16.5. The third kappa shape index (κ3) is 4.09. The van der Waals surface area contributed by atoms with E-state index >= 15 is 0 Å². The lowest BCUT2D eigenvalue weighted by atomic mass is 9.87. The summed E-state index contributed by atoms with van der Waals surface area (Å²) in [4.78, 5) is 11.9. The Balaban J connectivity index is 1.97. The standard InChI is InChI=1S/C18H21NO2/c1-18(2,3)15-8-4-13(5-9-15)12-21-17(20)14-6-10-16(19)11-7-14/h4-11H,12,19H2,1-3H3. The predicted molar refractivity (Wildman–Crippen MR) is 85.1 cm³/mol. The highest BCUT2D eigenvalue weighted by molar-refractivity contribution is 5.89. The molecule has 0 spiro atoms. The van der Waals surface area contributed by atoms with Crippen LogP contribution in [0, 0.1) is 0 Å². The molecule has 0 radical (unpaired) electrons. The fourth-order valence-electron chi connectivity index (χ4n) is 1.95. The molecule has 0 heterocycles. The summed E-state index contributed by atoms with van der Waals surface area (Å²) in [7, 11) is 0. The van der Waals surface area contributed by atoms with Crippen molar-refractivity contribution >= 4 is 11.7 Å². The maximum Gasteiger partial charge on any atom is 0.338 e. The van der Waals surface area contributed by atoms with Gasteiger partial charge in [0.05, 0.1) is 5.56 Å². The van der Waals surface area contributed by atoms with E-state index in [1.165, 1.54) is 5.56 Å². The van der Waals surface area contributed by atoms with Crippen molar-refractivity contribution in [3.05, 3.63) is 65.2 Å². The third-order valence-corrected chi connectivity index (χ3v) is 3.34. The molecule has 2 aromatic rings. The minimum Gasteiger partial charge on any atom is -0.457 e. The maximum atomic E-state index is 11.9. The Hall–Kier alpha value is -2.29. The molecule has 3 heteroatoms. The number of carbonyl (C=O) groups excluding carboxylic acids is 1. The maximum absolute atomic E-state index is 11.9. The second-order valence-electron chi connectivity index (χ2n) is 6.15. The second kappa shape index (κ2) is 6.00. The highest BCUT2D eigenvalue weighted by Gasteiger charge is 2.13. The van der Waals surface area contributed by atoms with Crippen molar-refractivity contribution in [3.63, 3.8) is 0 Å². The molecule has 0 unspecified atom stereocenters. The fourth-order valence-corrected chi connectivity index (χ4v) is 1.95. The molecule has 0 aliphatic rings. The summed E-state index contributed by atoms with van der Waals surface area (Å²) >= 11 is 0. The van der Waals surface area contributed by atoms with Crippen molar-refractivity contribution in [2.24, 2.45) is 0 Å². The van der Waals surface area contributed by atoms with Crippen LogP contribution in [0.1, 0.15) is 42.3 Å². The van der Waals surface area contributed by atoms with Crippen LogP contribution in [0.3, 0.4) is 0 Å². The van der Waals surface area contributed by atoms with Crippen LogP contribution in [0.15, 0.2) is 48.5 Å². The minimum atomic E-state index is -0.338. The van der Waals surface area contributed by atoms with Gasteiger partial charge in [0.1, 0.15) is 6.61 Å². The number of esters is 1. The normalized spacial score (nSPS) is 11.2. The van der Waals surface area contributed by atoms with Crippen LogP contribution in [-0.2, 0) is 16.8 Å². The largest absolute Gasteiger partial charge is 0.457 e. The van der Waals surface area contributed by atoms with E-state index in [2.05, 4.69) is 32.9 Å². The lowest BCUT2D eigenvalue weighted by molar-refractivity contribution is 0.0472. The Morgan fingerprint density at radius 3 is 2.10 bits per heavy atom. The fraction of sp³-hybridized carbons (Fsp3) is 0.278. The van der Waals surface area contributed by atoms with Crippen molar-refractivity contribution in [3.8, 4) is 0 Å². The van der Waals surface area contributed by atoms with Crippen molar-refractivity contribution < 1.29 is 9.53 Å². The van der Waals surface area contributed by atoms with Gasteiger partial charge >= 0.3 is 5.97 Å². The second-order valence-corrected chi connectivity index (χ2v) is 6.15. The molecule has 0 saturated heterocycles. The molecular formula is C18H21NO2. The van der Waals surface area contributed by atoms with Crippen molar-refractivity contribution in [1.82, 2.24) is 0 Å². The van der Waals surface area contributed by atoms with Gasteiger partial charge in [0.25, 0.3) is 0 Å². The molecule has 0 aliphatic heterocycles. The monoisotopic (exact) mass is 283 g/mol. The Morgan fingerprint density at radius 2 is 1.57 bits per heavy atom. The molecule has 0 saturated carbocycles. The molecule has 0 aromatic heterocycles. The Morgan fingerprint density at radius 1 is 1.00 bits per heavy atom. The zero-order valence-electron chi connectivity index (χ0n) is 12.7. The Bertz CT molecular complexity index is 607. The molecular weight excluding hydrogens is 262 g/mol. The number of nitrogens with two attached hydrogens (primary N) is 1. The first-order valence-corrected chi connectivity index (χ1v) is 6.98. The molecule has 2 aromatic carbocycles. The van der Waals surface area contributed by atoms with Gasteiger partial charge in [-0.15, -0.1) is 0 Å².